The zero-order valence-corrected chi connectivity index (χ0v) is 8.12. The Morgan fingerprint density at radius 3 is 2.60 bits per heavy atom. The highest BCUT2D eigenvalue weighted by molar-refractivity contribution is 5.35. The molecule has 0 amide bonds. The fraction of sp³-hybridized carbons (Fsp3) is 0.455. The minimum atomic E-state index is -2.82. The molecular formula is C11H12F2O2. The number of benzene rings is 1. The topological polar surface area (TPSA) is 29.5 Å². The summed E-state index contributed by atoms with van der Waals surface area (Å²) in [5.74, 6) is 0.160. The highest BCUT2D eigenvalue weighted by atomic mass is 19.3. The van der Waals surface area contributed by atoms with Gasteiger partial charge >= 0.3 is 6.61 Å². The molecule has 0 heterocycles. The Kier molecular flexibility index (Phi) is 2.61. The van der Waals surface area contributed by atoms with Crippen LogP contribution in [0.25, 0.3) is 0 Å². The molecule has 15 heavy (non-hydrogen) atoms. The maximum atomic E-state index is 12.1. The van der Waals surface area contributed by atoms with Crippen LogP contribution in [-0.4, -0.2) is 17.3 Å². The summed E-state index contributed by atoms with van der Waals surface area (Å²) in [6.45, 7) is -2.82. The molecular weight excluding hydrogens is 202 g/mol. The second-order valence-electron chi connectivity index (χ2n) is 3.89. The molecule has 0 unspecified atom stereocenters. The average molecular weight is 214 g/mol. The molecule has 0 saturated heterocycles. The van der Waals surface area contributed by atoms with Gasteiger partial charge in [-0.3, -0.25) is 0 Å². The van der Waals surface area contributed by atoms with Crippen LogP contribution in [0.1, 0.15) is 18.4 Å². The van der Waals surface area contributed by atoms with E-state index in [0.717, 1.165) is 12.8 Å². The maximum Gasteiger partial charge on any atom is 0.387 e. The second-order valence-corrected chi connectivity index (χ2v) is 3.89. The highest BCUT2D eigenvalue weighted by Crippen LogP contribution is 2.40. The van der Waals surface area contributed by atoms with Gasteiger partial charge in [0.2, 0.25) is 0 Å². The normalized spacial score (nSPS) is 17.9. The molecule has 0 spiro atoms. The molecule has 1 aliphatic carbocycles. The lowest BCUT2D eigenvalue weighted by molar-refractivity contribution is -0.0508. The Morgan fingerprint density at radius 1 is 1.33 bits per heavy atom. The number of halogens is 2. The van der Waals surface area contributed by atoms with Gasteiger partial charge in [0.15, 0.2) is 0 Å². The van der Waals surface area contributed by atoms with Crippen molar-refractivity contribution in [2.24, 2.45) is 0 Å². The number of rotatable bonds is 4. The Hall–Kier alpha value is -1.16. The van der Waals surface area contributed by atoms with Gasteiger partial charge in [-0.2, -0.15) is 8.78 Å². The van der Waals surface area contributed by atoms with Crippen molar-refractivity contribution in [3.8, 4) is 5.75 Å². The molecule has 1 aliphatic rings. The van der Waals surface area contributed by atoms with Crippen molar-refractivity contribution in [3.63, 3.8) is 0 Å². The quantitative estimate of drug-likeness (QED) is 0.833. The lowest BCUT2D eigenvalue weighted by Crippen LogP contribution is -2.13. The molecule has 1 saturated carbocycles. The molecule has 82 valence electrons. The third-order valence-electron chi connectivity index (χ3n) is 2.54. The van der Waals surface area contributed by atoms with Gasteiger partial charge < -0.3 is 9.84 Å². The predicted octanol–water partition coefficient (Wildman–Crippen LogP) is 2.36. The minimum absolute atomic E-state index is 0.160. The third-order valence-corrected chi connectivity index (χ3v) is 2.54. The van der Waals surface area contributed by atoms with Crippen LogP contribution in [0.4, 0.5) is 8.78 Å². The van der Waals surface area contributed by atoms with E-state index in [1.165, 1.54) is 6.07 Å². The summed E-state index contributed by atoms with van der Waals surface area (Å²) < 4.78 is 28.5. The average Bonchev–Trinajstić information content (AvgIpc) is 2.86. The second kappa shape index (κ2) is 3.77. The Balaban J connectivity index is 2.14. The fourth-order valence-electron chi connectivity index (χ4n) is 1.54. The first-order valence-corrected chi connectivity index (χ1v) is 4.84. The molecule has 2 nitrogen and oxygen atoms in total. The van der Waals surface area contributed by atoms with Crippen molar-refractivity contribution < 1.29 is 18.6 Å². The summed E-state index contributed by atoms with van der Waals surface area (Å²) >= 11 is 0. The molecule has 0 radical (unpaired) electrons. The van der Waals surface area contributed by atoms with Crippen molar-refractivity contribution in [2.75, 3.05) is 0 Å². The van der Waals surface area contributed by atoms with Crippen molar-refractivity contribution in [1.29, 1.82) is 0 Å². The molecule has 0 aliphatic heterocycles. The van der Waals surface area contributed by atoms with E-state index in [0.29, 0.717) is 12.0 Å². The Morgan fingerprint density at radius 2 is 2.00 bits per heavy atom. The predicted molar refractivity (Wildman–Crippen MR) is 51.0 cm³/mol. The summed E-state index contributed by atoms with van der Waals surface area (Å²) in [6.07, 6.45) is 1.85. The number of aliphatic hydroxyl groups is 1. The monoisotopic (exact) mass is 214 g/mol. The van der Waals surface area contributed by atoms with Crippen molar-refractivity contribution >= 4 is 0 Å². The molecule has 0 atom stereocenters. The number of hydrogen-bond donors (Lipinski definition) is 1. The van der Waals surface area contributed by atoms with Crippen molar-refractivity contribution in [3.05, 3.63) is 29.8 Å². The van der Waals surface area contributed by atoms with Crippen LogP contribution in [0.3, 0.4) is 0 Å². The van der Waals surface area contributed by atoms with Crippen LogP contribution in [-0.2, 0) is 6.42 Å². The summed E-state index contributed by atoms with van der Waals surface area (Å²) in [7, 11) is 0. The van der Waals surface area contributed by atoms with E-state index in [9.17, 15) is 13.9 Å². The minimum Gasteiger partial charge on any atom is -0.435 e. The van der Waals surface area contributed by atoms with Gasteiger partial charge in [0.1, 0.15) is 5.75 Å². The summed E-state index contributed by atoms with van der Waals surface area (Å²) in [6, 6.07) is 6.58. The van der Waals surface area contributed by atoms with Crippen LogP contribution in [0, 0.1) is 0 Å². The van der Waals surface area contributed by atoms with Gasteiger partial charge in [0.25, 0.3) is 0 Å². The molecule has 2 rings (SSSR count). The lowest BCUT2D eigenvalue weighted by atomic mass is 10.1. The van der Waals surface area contributed by atoms with E-state index < -0.39 is 12.2 Å². The van der Waals surface area contributed by atoms with Gasteiger partial charge in [0, 0.05) is 6.42 Å². The van der Waals surface area contributed by atoms with Crippen LogP contribution in [0.15, 0.2) is 24.3 Å². The van der Waals surface area contributed by atoms with E-state index in [-0.39, 0.29) is 5.75 Å². The SMILES string of the molecule is OC1(Cc2ccccc2OC(F)F)CC1. The first kappa shape index (κ1) is 10.4. The van der Waals surface area contributed by atoms with Crippen molar-refractivity contribution in [1.82, 2.24) is 0 Å². The Labute approximate surface area is 86.5 Å². The highest BCUT2D eigenvalue weighted by Gasteiger charge is 2.40. The molecule has 4 heteroatoms. The van der Waals surface area contributed by atoms with E-state index in [1.807, 2.05) is 0 Å². The zero-order valence-electron chi connectivity index (χ0n) is 8.12. The van der Waals surface area contributed by atoms with Gasteiger partial charge in [-0.1, -0.05) is 18.2 Å². The van der Waals surface area contributed by atoms with Crippen molar-refractivity contribution in [2.45, 2.75) is 31.5 Å². The van der Waals surface area contributed by atoms with E-state index in [2.05, 4.69) is 4.74 Å². The van der Waals surface area contributed by atoms with Gasteiger partial charge in [0.05, 0.1) is 5.60 Å². The molecule has 0 aromatic heterocycles. The van der Waals surface area contributed by atoms with E-state index >= 15 is 0 Å². The molecule has 1 fully saturated rings. The first-order valence-electron chi connectivity index (χ1n) is 4.84. The zero-order chi connectivity index (χ0) is 10.9. The Bertz CT molecular complexity index is 348. The third kappa shape index (κ3) is 2.65. The van der Waals surface area contributed by atoms with Crippen LogP contribution in [0.2, 0.25) is 0 Å². The summed E-state index contributed by atoms with van der Waals surface area (Å²) in [4.78, 5) is 0. The lowest BCUT2D eigenvalue weighted by Gasteiger charge is -2.12. The molecule has 1 aromatic carbocycles. The summed E-state index contributed by atoms with van der Waals surface area (Å²) in [5, 5.41) is 9.70. The number of para-hydroxylation sites is 1. The molecule has 1 aromatic rings. The molecule has 0 bridgehead atoms. The number of alkyl halides is 2. The maximum absolute atomic E-state index is 12.1. The van der Waals surface area contributed by atoms with Gasteiger partial charge in [-0.25, -0.2) is 0 Å². The fourth-order valence-corrected chi connectivity index (χ4v) is 1.54. The van der Waals surface area contributed by atoms with Gasteiger partial charge in [-0.05, 0) is 24.5 Å². The number of hydrogen-bond acceptors (Lipinski definition) is 2. The van der Waals surface area contributed by atoms with E-state index in [1.54, 1.807) is 18.2 Å². The largest absolute Gasteiger partial charge is 0.435 e. The standard InChI is InChI=1S/C11H12F2O2/c12-10(13)15-9-4-2-1-3-8(9)7-11(14)5-6-11/h1-4,10,14H,5-7H2. The van der Waals surface area contributed by atoms with Gasteiger partial charge in [-0.15, -0.1) is 0 Å². The van der Waals surface area contributed by atoms with Crippen LogP contribution >= 0.6 is 0 Å². The first-order chi connectivity index (χ1) is 7.09. The number of ether oxygens (including phenoxy) is 1. The van der Waals surface area contributed by atoms with Crippen LogP contribution in [0.5, 0.6) is 5.75 Å². The van der Waals surface area contributed by atoms with Crippen LogP contribution < -0.4 is 4.74 Å². The molecule has 1 N–H and O–H groups in total. The smallest absolute Gasteiger partial charge is 0.387 e. The van der Waals surface area contributed by atoms with E-state index in [4.69, 9.17) is 0 Å². The summed E-state index contributed by atoms with van der Waals surface area (Å²) in [5.41, 5.74) is -0.0560.